The second-order valence-corrected chi connectivity index (χ2v) is 5.73. The van der Waals surface area contributed by atoms with Crippen molar-refractivity contribution in [3.05, 3.63) is 35.6 Å². The minimum absolute atomic E-state index is 0.208. The second-order valence-electron chi connectivity index (χ2n) is 5.32. The first-order chi connectivity index (χ1) is 9.15. The minimum atomic E-state index is -0.208. The highest BCUT2D eigenvalue weighted by atomic mass is 32.1. The normalized spacial score (nSPS) is 22.8. The average Bonchev–Trinajstić information content (AvgIpc) is 2.41. The van der Waals surface area contributed by atoms with Crippen LogP contribution in [0.3, 0.4) is 0 Å². The molecule has 4 heteroatoms. The van der Waals surface area contributed by atoms with E-state index in [0.717, 1.165) is 5.56 Å². The van der Waals surface area contributed by atoms with Crippen molar-refractivity contribution >= 4 is 17.3 Å². The summed E-state index contributed by atoms with van der Waals surface area (Å²) in [6.07, 6.45) is 5.08. The van der Waals surface area contributed by atoms with E-state index in [4.69, 9.17) is 12.2 Å². The predicted octanol–water partition coefficient (Wildman–Crippen LogP) is 3.37. The van der Waals surface area contributed by atoms with Crippen LogP contribution in [-0.4, -0.2) is 11.2 Å². The van der Waals surface area contributed by atoms with E-state index in [-0.39, 0.29) is 5.82 Å². The van der Waals surface area contributed by atoms with Gasteiger partial charge in [0.2, 0.25) is 0 Å². The maximum Gasteiger partial charge on any atom is 0.166 e. The van der Waals surface area contributed by atoms with E-state index < -0.39 is 0 Å². The van der Waals surface area contributed by atoms with Crippen molar-refractivity contribution in [1.82, 2.24) is 10.6 Å². The number of nitrogens with one attached hydrogen (secondary N) is 2. The number of rotatable bonds is 3. The molecular formula is C15H21FN2S. The second kappa shape index (κ2) is 6.85. The molecule has 0 bridgehead atoms. The average molecular weight is 280 g/mol. The van der Waals surface area contributed by atoms with Crippen LogP contribution in [0.15, 0.2) is 24.3 Å². The van der Waals surface area contributed by atoms with Crippen LogP contribution in [0.5, 0.6) is 0 Å². The number of halogens is 1. The Bertz CT molecular complexity index is 419. The lowest BCUT2D eigenvalue weighted by molar-refractivity contribution is 0.308. The first-order valence-corrected chi connectivity index (χ1v) is 7.35. The third kappa shape index (κ3) is 4.46. The van der Waals surface area contributed by atoms with Crippen LogP contribution >= 0.6 is 12.2 Å². The zero-order valence-electron chi connectivity index (χ0n) is 11.3. The minimum Gasteiger partial charge on any atom is -0.360 e. The van der Waals surface area contributed by atoms with Crippen molar-refractivity contribution < 1.29 is 4.39 Å². The SMILES string of the molecule is C[C@H]1CCCC[C@H]1NC(=S)NCc1ccc(F)cc1. The van der Waals surface area contributed by atoms with Gasteiger partial charge in [0.1, 0.15) is 5.82 Å². The monoisotopic (exact) mass is 280 g/mol. The lowest BCUT2D eigenvalue weighted by Crippen LogP contribution is -2.45. The Kier molecular flexibility index (Phi) is 5.14. The Labute approximate surface area is 119 Å². The largest absolute Gasteiger partial charge is 0.360 e. The number of thiocarbonyl (C=S) groups is 1. The highest BCUT2D eigenvalue weighted by molar-refractivity contribution is 7.80. The van der Waals surface area contributed by atoms with Gasteiger partial charge in [-0.2, -0.15) is 0 Å². The molecule has 0 spiro atoms. The molecular weight excluding hydrogens is 259 g/mol. The van der Waals surface area contributed by atoms with Gasteiger partial charge in [-0.05, 0) is 48.7 Å². The van der Waals surface area contributed by atoms with Crippen LogP contribution in [0.2, 0.25) is 0 Å². The Morgan fingerprint density at radius 2 is 1.95 bits per heavy atom. The first-order valence-electron chi connectivity index (χ1n) is 6.94. The summed E-state index contributed by atoms with van der Waals surface area (Å²) < 4.78 is 12.8. The quantitative estimate of drug-likeness (QED) is 0.830. The maximum atomic E-state index is 12.8. The molecule has 1 fully saturated rings. The fourth-order valence-corrected chi connectivity index (χ4v) is 2.76. The summed E-state index contributed by atoms with van der Waals surface area (Å²) in [7, 11) is 0. The van der Waals surface area contributed by atoms with E-state index in [1.54, 1.807) is 12.1 Å². The van der Waals surface area contributed by atoms with Crippen molar-refractivity contribution in [2.45, 2.75) is 45.2 Å². The molecule has 1 saturated carbocycles. The molecule has 0 unspecified atom stereocenters. The lowest BCUT2D eigenvalue weighted by Gasteiger charge is -2.30. The van der Waals surface area contributed by atoms with Crippen LogP contribution in [0.25, 0.3) is 0 Å². The van der Waals surface area contributed by atoms with Gasteiger partial charge in [-0.15, -0.1) is 0 Å². The number of benzene rings is 1. The van der Waals surface area contributed by atoms with Gasteiger partial charge < -0.3 is 10.6 Å². The van der Waals surface area contributed by atoms with Gasteiger partial charge in [0.05, 0.1) is 0 Å². The van der Waals surface area contributed by atoms with Crippen molar-refractivity contribution in [3.8, 4) is 0 Å². The summed E-state index contributed by atoms with van der Waals surface area (Å²) in [6.45, 7) is 2.91. The Morgan fingerprint density at radius 3 is 2.63 bits per heavy atom. The molecule has 2 nitrogen and oxygen atoms in total. The molecule has 1 aromatic carbocycles. The van der Waals surface area contributed by atoms with Crippen LogP contribution < -0.4 is 10.6 Å². The van der Waals surface area contributed by atoms with E-state index in [1.807, 2.05) is 0 Å². The smallest absolute Gasteiger partial charge is 0.166 e. The third-order valence-electron chi connectivity index (χ3n) is 3.79. The molecule has 1 aliphatic rings. The fraction of sp³-hybridized carbons (Fsp3) is 0.533. The summed E-state index contributed by atoms with van der Waals surface area (Å²) in [4.78, 5) is 0. The van der Waals surface area contributed by atoms with Crippen LogP contribution in [0.4, 0.5) is 4.39 Å². The van der Waals surface area contributed by atoms with Gasteiger partial charge in [-0.3, -0.25) is 0 Å². The summed E-state index contributed by atoms with van der Waals surface area (Å²) in [5.74, 6) is 0.472. The van der Waals surface area contributed by atoms with E-state index in [2.05, 4.69) is 17.6 Å². The van der Waals surface area contributed by atoms with Crippen LogP contribution in [0.1, 0.15) is 38.2 Å². The zero-order chi connectivity index (χ0) is 13.7. The summed E-state index contributed by atoms with van der Waals surface area (Å²) in [5, 5.41) is 7.28. The summed E-state index contributed by atoms with van der Waals surface area (Å²) in [5.41, 5.74) is 1.03. The standard InChI is InChI=1S/C15H21FN2S/c1-11-4-2-3-5-14(11)18-15(19)17-10-12-6-8-13(16)9-7-12/h6-9,11,14H,2-5,10H2,1H3,(H2,17,18,19)/t11-,14+/m0/s1. The highest BCUT2D eigenvalue weighted by Crippen LogP contribution is 2.23. The van der Waals surface area contributed by atoms with Crippen LogP contribution in [-0.2, 0) is 6.54 Å². The van der Waals surface area contributed by atoms with E-state index in [0.29, 0.717) is 23.6 Å². The fourth-order valence-electron chi connectivity index (χ4n) is 2.53. The Balaban J connectivity index is 1.76. The highest BCUT2D eigenvalue weighted by Gasteiger charge is 2.21. The van der Waals surface area contributed by atoms with Crippen molar-refractivity contribution in [3.63, 3.8) is 0 Å². The summed E-state index contributed by atoms with van der Waals surface area (Å²) in [6, 6.07) is 6.97. The van der Waals surface area contributed by atoms with Crippen molar-refractivity contribution in [1.29, 1.82) is 0 Å². The molecule has 0 aromatic heterocycles. The maximum absolute atomic E-state index is 12.8. The Morgan fingerprint density at radius 1 is 1.26 bits per heavy atom. The Hall–Kier alpha value is -1.16. The molecule has 0 heterocycles. The van der Waals surface area contributed by atoms with Gasteiger partial charge in [0, 0.05) is 12.6 Å². The lowest BCUT2D eigenvalue weighted by atomic mass is 9.86. The predicted molar refractivity (Wildman–Crippen MR) is 80.4 cm³/mol. The van der Waals surface area contributed by atoms with E-state index in [9.17, 15) is 4.39 Å². The number of hydrogen-bond acceptors (Lipinski definition) is 1. The molecule has 2 N–H and O–H groups in total. The van der Waals surface area contributed by atoms with Crippen molar-refractivity contribution in [2.75, 3.05) is 0 Å². The van der Waals surface area contributed by atoms with Gasteiger partial charge in [-0.1, -0.05) is 31.9 Å². The van der Waals surface area contributed by atoms with Crippen molar-refractivity contribution in [2.24, 2.45) is 5.92 Å². The molecule has 2 rings (SSSR count). The molecule has 0 radical (unpaired) electrons. The molecule has 0 saturated heterocycles. The molecule has 0 amide bonds. The molecule has 1 aromatic rings. The van der Waals surface area contributed by atoms with Gasteiger partial charge >= 0.3 is 0 Å². The zero-order valence-corrected chi connectivity index (χ0v) is 12.1. The van der Waals surface area contributed by atoms with E-state index >= 15 is 0 Å². The topological polar surface area (TPSA) is 24.1 Å². The molecule has 1 aliphatic carbocycles. The number of hydrogen-bond donors (Lipinski definition) is 2. The molecule has 104 valence electrons. The van der Waals surface area contributed by atoms with Gasteiger partial charge in [-0.25, -0.2) is 4.39 Å². The molecule has 19 heavy (non-hydrogen) atoms. The van der Waals surface area contributed by atoms with Gasteiger partial charge in [0.25, 0.3) is 0 Å². The first kappa shape index (κ1) is 14.3. The molecule has 0 aliphatic heterocycles. The van der Waals surface area contributed by atoms with Crippen LogP contribution in [0, 0.1) is 11.7 Å². The van der Waals surface area contributed by atoms with Gasteiger partial charge in [0.15, 0.2) is 5.11 Å². The molecule has 2 atom stereocenters. The third-order valence-corrected chi connectivity index (χ3v) is 4.06. The van der Waals surface area contributed by atoms with E-state index in [1.165, 1.54) is 37.8 Å². The summed E-state index contributed by atoms with van der Waals surface area (Å²) >= 11 is 5.32.